The van der Waals surface area contributed by atoms with Gasteiger partial charge in [-0.05, 0) is 60.9 Å². The quantitative estimate of drug-likeness (QED) is 0.772. The van der Waals surface area contributed by atoms with Crippen LogP contribution in [0.5, 0.6) is 0 Å². The van der Waals surface area contributed by atoms with Crippen LogP contribution in [0.25, 0.3) is 10.8 Å². The van der Waals surface area contributed by atoms with E-state index in [1.165, 1.54) is 11.1 Å². The Morgan fingerprint density at radius 2 is 1.67 bits per heavy atom. The monoisotopic (exact) mass is 337 g/mol. The summed E-state index contributed by atoms with van der Waals surface area (Å²) in [5.41, 5.74) is 5.14. The molecule has 0 unspecified atom stereocenters. The standard InChI is InChI=1S/C20H19NO2S/c1-13-6-10-18(14(2)12-13)21-24(22,23)19-11-9-16-8-7-15-4-3-5-17(19)20(15)16/h3-6,9-12,21H,7-8H2,1-2H3. The molecular weight excluding hydrogens is 318 g/mol. The van der Waals surface area contributed by atoms with E-state index in [0.717, 1.165) is 34.7 Å². The molecule has 0 atom stereocenters. The zero-order valence-corrected chi connectivity index (χ0v) is 14.6. The Hall–Kier alpha value is -2.33. The van der Waals surface area contributed by atoms with Crippen molar-refractivity contribution in [1.29, 1.82) is 0 Å². The number of hydrogen-bond acceptors (Lipinski definition) is 2. The van der Waals surface area contributed by atoms with Crippen LogP contribution in [0.2, 0.25) is 0 Å². The molecule has 1 N–H and O–H groups in total. The number of hydrogen-bond donors (Lipinski definition) is 1. The van der Waals surface area contributed by atoms with Crippen LogP contribution >= 0.6 is 0 Å². The van der Waals surface area contributed by atoms with E-state index < -0.39 is 10.0 Å². The zero-order chi connectivity index (χ0) is 16.9. The molecule has 3 aromatic carbocycles. The molecule has 3 aromatic rings. The third-order valence-electron chi connectivity index (χ3n) is 4.75. The van der Waals surface area contributed by atoms with Crippen molar-refractivity contribution in [2.75, 3.05) is 4.72 Å². The van der Waals surface area contributed by atoms with E-state index in [4.69, 9.17) is 0 Å². The third kappa shape index (κ3) is 2.38. The molecule has 0 bridgehead atoms. The van der Waals surface area contributed by atoms with Gasteiger partial charge in [0, 0.05) is 5.39 Å². The highest BCUT2D eigenvalue weighted by Crippen LogP contribution is 2.35. The first-order chi connectivity index (χ1) is 11.5. The van der Waals surface area contributed by atoms with E-state index in [0.29, 0.717) is 10.6 Å². The van der Waals surface area contributed by atoms with Crippen LogP contribution in [0.4, 0.5) is 5.69 Å². The topological polar surface area (TPSA) is 46.2 Å². The average Bonchev–Trinajstić information content (AvgIpc) is 2.96. The van der Waals surface area contributed by atoms with Gasteiger partial charge in [0.2, 0.25) is 0 Å². The minimum absolute atomic E-state index is 0.352. The Labute approximate surface area is 142 Å². The van der Waals surface area contributed by atoms with Crippen LogP contribution < -0.4 is 4.72 Å². The number of anilines is 1. The maximum atomic E-state index is 13.0. The number of nitrogens with one attached hydrogen (secondary N) is 1. The maximum absolute atomic E-state index is 13.0. The van der Waals surface area contributed by atoms with Gasteiger partial charge in [-0.15, -0.1) is 0 Å². The normalized spacial score (nSPS) is 13.4. The van der Waals surface area contributed by atoms with Crippen molar-refractivity contribution >= 4 is 26.5 Å². The van der Waals surface area contributed by atoms with Crippen LogP contribution in [0.3, 0.4) is 0 Å². The fourth-order valence-electron chi connectivity index (χ4n) is 3.58. The molecule has 24 heavy (non-hydrogen) atoms. The molecule has 0 aromatic heterocycles. The lowest BCUT2D eigenvalue weighted by Crippen LogP contribution is -2.14. The second kappa shape index (κ2) is 5.35. The lowest BCUT2D eigenvalue weighted by molar-refractivity contribution is 0.602. The molecule has 0 saturated carbocycles. The van der Waals surface area contributed by atoms with Gasteiger partial charge in [-0.3, -0.25) is 4.72 Å². The van der Waals surface area contributed by atoms with Gasteiger partial charge in [0.25, 0.3) is 10.0 Å². The lowest BCUT2D eigenvalue weighted by Gasteiger charge is -2.14. The highest BCUT2D eigenvalue weighted by Gasteiger charge is 2.22. The molecule has 0 amide bonds. The summed E-state index contributed by atoms with van der Waals surface area (Å²) in [5, 5.41) is 1.93. The summed E-state index contributed by atoms with van der Waals surface area (Å²) in [5.74, 6) is 0. The molecular formula is C20H19NO2S. The number of aryl methyl sites for hydroxylation is 4. The maximum Gasteiger partial charge on any atom is 0.262 e. The van der Waals surface area contributed by atoms with Crippen molar-refractivity contribution in [3.8, 4) is 0 Å². The summed E-state index contributed by atoms with van der Waals surface area (Å²) in [4.78, 5) is 0.352. The van der Waals surface area contributed by atoms with Crippen LogP contribution in [0, 0.1) is 13.8 Å². The third-order valence-corrected chi connectivity index (χ3v) is 6.18. The first-order valence-electron chi connectivity index (χ1n) is 8.09. The summed E-state index contributed by atoms with van der Waals surface area (Å²) in [6.45, 7) is 3.91. The van der Waals surface area contributed by atoms with E-state index in [9.17, 15) is 8.42 Å². The van der Waals surface area contributed by atoms with E-state index in [-0.39, 0.29) is 0 Å². The fourth-order valence-corrected chi connectivity index (χ4v) is 4.92. The molecule has 1 aliphatic carbocycles. The van der Waals surface area contributed by atoms with E-state index in [1.54, 1.807) is 6.07 Å². The molecule has 0 aliphatic heterocycles. The summed E-state index contributed by atoms with van der Waals surface area (Å²) in [6, 6.07) is 15.3. The Balaban J connectivity index is 1.85. The van der Waals surface area contributed by atoms with Gasteiger partial charge in [0.1, 0.15) is 0 Å². The van der Waals surface area contributed by atoms with Crippen molar-refractivity contribution < 1.29 is 8.42 Å². The Bertz CT molecular complexity index is 1060. The van der Waals surface area contributed by atoms with Gasteiger partial charge in [0.05, 0.1) is 10.6 Å². The molecule has 0 spiro atoms. The number of rotatable bonds is 3. The summed E-state index contributed by atoms with van der Waals surface area (Å²) < 4.78 is 28.7. The summed E-state index contributed by atoms with van der Waals surface area (Å²) >= 11 is 0. The predicted molar refractivity (Wildman–Crippen MR) is 98.1 cm³/mol. The Kier molecular flexibility index (Phi) is 3.39. The molecule has 0 heterocycles. The van der Waals surface area contributed by atoms with E-state index >= 15 is 0 Å². The fraction of sp³-hybridized carbons (Fsp3) is 0.200. The van der Waals surface area contributed by atoms with Crippen molar-refractivity contribution in [3.05, 3.63) is 70.8 Å². The minimum Gasteiger partial charge on any atom is -0.279 e. The molecule has 122 valence electrons. The first kappa shape index (κ1) is 15.2. The predicted octanol–water partition coefficient (Wildman–Crippen LogP) is 4.36. The smallest absolute Gasteiger partial charge is 0.262 e. The highest BCUT2D eigenvalue weighted by atomic mass is 32.2. The van der Waals surface area contributed by atoms with Gasteiger partial charge in [0.15, 0.2) is 0 Å². The molecule has 4 heteroatoms. The second-order valence-corrected chi connectivity index (χ2v) is 8.14. The van der Waals surface area contributed by atoms with Gasteiger partial charge >= 0.3 is 0 Å². The van der Waals surface area contributed by atoms with Gasteiger partial charge in [-0.1, -0.05) is 42.0 Å². The largest absolute Gasteiger partial charge is 0.279 e. The van der Waals surface area contributed by atoms with E-state index in [1.807, 2.05) is 50.2 Å². The molecule has 0 radical (unpaired) electrons. The highest BCUT2D eigenvalue weighted by molar-refractivity contribution is 7.93. The van der Waals surface area contributed by atoms with Crippen LogP contribution in [0.1, 0.15) is 22.3 Å². The van der Waals surface area contributed by atoms with Gasteiger partial charge < -0.3 is 0 Å². The number of sulfonamides is 1. The summed E-state index contributed by atoms with van der Waals surface area (Å²) in [6.07, 6.45) is 1.97. The van der Waals surface area contributed by atoms with Crippen molar-refractivity contribution in [2.45, 2.75) is 31.6 Å². The molecule has 1 aliphatic rings. The van der Waals surface area contributed by atoms with Gasteiger partial charge in [-0.25, -0.2) is 8.42 Å². The summed E-state index contributed by atoms with van der Waals surface area (Å²) in [7, 11) is -3.63. The second-order valence-electron chi connectivity index (χ2n) is 6.49. The Morgan fingerprint density at radius 3 is 2.42 bits per heavy atom. The minimum atomic E-state index is -3.63. The lowest BCUT2D eigenvalue weighted by atomic mass is 10.1. The molecule has 3 nitrogen and oxygen atoms in total. The number of benzene rings is 3. The van der Waals surface area contributed by atoms with Crippen molar-refractivity contribution in [2.24, 2.45) is 0 Å². The van der Waals surface area contributed by atoms with Crippen molar-refractivity contribution in [1.82, 2.24) is 0 Å². The zero-order valence-electron chi connectivity index (χ0n) is 13.8. The average molecular weight is 337 g/mol. The van der Waals surface area contributed by atoms with Gasteiger partial charge in [-0.2, -0.15) is 0 Å². The molecule has 0 saturated heterocycles. The molecule has 0 fully saturated rings. The van der Waals surface area contributed by atoms with Crippen molar-refractivity contribution in [3.63, 3.8) is 0 Å². The molecule has 4 rings (SSSR count). The van der Waals surface area contributed by atoms with Crippen LogP contribution in [0.15, 0.2) is 53.4 Å². The van der Waals surface area contributed by atoms with E-state index in [2.05, 4.69) is 10.8 Å². The Morgan fingerprint density at radius 1 is 0.917 bits per heavy atom. The van der Waals surface area contributed by atoms with Crippen LogP contribution in [-0.4, -0.2) is 8.42 Å². The SMILES string of the molecule is Cc1ccc(NS(=O)(=O)c2ccc3c4c(cccc24)CC3)c(C)c1. The van der Waals surface area contributed by atoms with Crippen LogP contribution in [-0.2, 0) is 22.9 Å². The first-order valence-corrected chi connectivity index (χ1v) is 9.57.